The first kappa shape index (κ1) is 15.9. The third kappa shape index (κ3) is 4.00. The molecule has 1 aromatic carbocycles. The second-order valence-corrected chi connectivity index (χ2v) is 6.15. The normalized spacial score (nSPS) is 25.6. The number of benzene rings is 1. The molecule has 116 valence electrons. The lowest BCUT2D eigenvalue weighted by Gasteiger charge is -2.40. The van der Waals surface area contributed by atoms with Gasteiger partial charge >= 0.3 is 0 Å². The molecule has 1 saturated carbocycles. The number of amides is 1. The standard InChI is InChI=1S/C16H22F2N2O/c1-11-3-2-6-16(9-11,10-19)20-15(21)7-12-4-5-13(17)8-14(12)18/h4-5,8,11H,2-3,6-7,9-10,19H2,1H3,(H,20,21). The Kier molecular flexibility index (Phi) is 4.93. The van der Waals surface area contributed by atoms with Crippen LogP contribution in [0.4, 0.5) is 8.78 Å². The van der Waals surface area contributed by atoms with Crippen LogP contribution < -0.4 is 11.1 Å². The zero-order chi connectivity index (χ0) is 15.5. The van der Waals surface area contributed by atoms with Gasteiger partial charge in [0, 0.05) is 12.6 Å². The summed E-state index contributed by atoms with van der Waals surface area (Å²) in [5.74, 6) is -1.08. The van der Waals surface area contributed by atoms with Crippen LogP contribution in [0.3, 0.4) is 0 Å². The fourth-order valence-electron chi connectivity index (χ4n) is 3.19. The third-order valence-electron chi connectivity index (χ3n) is 4.25. The van der Waals surface area contributed by atoms with Crippen molar-refractivity contribution in [2.75, 3.05) is 6.54 Å². The molecule has 2 atom stereocenters. The van der Waals surface area contributed by atoms with Gasteiger partial charge in [-0.15, -0.1) is 0 Å². The zero-order valence-corrected chi connectivity index (χ0v) is 12.3. The predicted octanol–water partition coefficient (Wildman–Crippen LogP) is 2.53. The molecule has 3 N–H and O–H groups in total. The molecule has 0 saturated heterocycles. The highest BCUT2D eigenvalue weighted by Crippen LogP contribution is 2.31. The summed E-state index contributed by atoms with van der Waals surface area (Å²) in [6.07, 6.45) is 3.78. The maximum absolute atomic E-state index is 13.6. The smallest absolute Gasteiger partial charge is 0.225 e. The Bertz CT molecular complexity index is 521. The molecule has 5 heteroatoms. The van der Waals surface area contributed by atoms with E-state index in [1.807, 2.05) is 0 Å². The van der Waals surface area contributed by atoms with Crippen molar-refractivity contribution in [2.45, 2.75) is 44.6 Å². The van der Waals surface area contributed by atoms with Gasteiger partial charge in [-0.1, -0.05) is 25.8 Å². The number of carbonyl (C=O) groups is 1. The van der Waals surface area contributed by atoms with Crippen LogP contribution in [0, 0.1) is 17.6 Å². The molecule has 0 aliphatic heterocycles. The van der Waals surface area contributed by atoms with Crippen molar-refractivity contribution in [3.63, 3.8) is 0 Å². The van der Waals surface area contributed by atoms with Crippen LogP contribution in [0.15, 0.2) is 18.2 Å². The van der Waals surface area contributed by atoms with Gasteiger partial charge in [-0.3, -0.25) is 4.79 Å². The van der Waals surface area contributed by atoms with Gasteiger partial charge < -0.3 is 11.1 Å². The minimum Gasteiger partial charge on any atom is -0.349 e. The molecule has 2 unspecified atom stereocenters. The Labute approximate surface area is 123 Å². The molecular weight excluding hydrogens is 274 g/mol. The average Bonchev–Trinajstić information content (AvgIpc) is 2.42. The lowest BCUT2D eigenvalue weighted by molar-refractivity contribution is -0.122. The molecule has 1 fully saturated rings. The second kappa shape index (κ2) is 6.52. The van der Waals surface area contributed by atoms with Gasteiger partial charge in [0.25, 0.3) is 0 Å². The largest absolute Gasteiger partial charge is 0.349 e. The van der Waals surface area contributed by atoms with E-state index in [1.165, 1.54) is 6.07 Å². The highest BCUT2D eigenvalue weighted by Gasteiger charge is 2.35. The van der Waals surface area contributed by atoms with Crippen molar-refractivity contribution >= 4 is 5.91 Å². The van der Waals surface area contributed by atoms with Crippen molar-refractivity contribution in [3.8, 4) is 0 Å². The summed E-state index contributed by atoms with van der Waals surface area (Å²) in [6, 6.07) is 3.26. The summed E-state index contributed by atoms with van der Waals surface area (Å²) in [4.78, 5) is 12.2. The molecule has 1 aliphatic carbocycles. The highest BCUT2D eigenvalue weighted by molar-refractivity contribution is 5.79. The first-order chi connectivity index (χ1) is 9.94. The Morgan fingerprint density at radius 3 is 2.86 bits per heavy atom. The zero-order valence-electron chi connectivity index (χ0n) is 12.3. The minimum atomic E-state index is -0.691. The quantitative estimate of drug-likeness (QED) is 0.897. The number of carbonyl (C=O) groups excluding carboxylic acids is 1. The number of hydrogen-bond donors (Lipinski definition) is 2. The van der Waals surface area contributed by atoms with Crippen LogP contribution in [-0.2, 0) is 11.2 Å². The minimum absolute atomic E-state index is 0.0950. The first-order valence-corrected chi connectivity index (χ1v) is 7.39. The molecule has 1 aliphatic rings. The maximum atomic E-state index is 13.6. The average molecular weight is 296 g/mol. The number of hydrogen-bond acceptors (Lipinski definition) is 2. The van der Waals surface area contributed by atoms with Crippen LogP contribution in [0.5, 0.6) is 0 Å². The van der Waals surface area contributed by atoms with Gasteiger partial charge in [0.2, 0.25) is 5.91 Å². The van der Waals surface area contributed by atoms with E-state index in [9.17, 15) is 13.6 Å². The number of nitrogens with two attached hydrogens (primary N) is 1. The molecule has 0 spiro atoms. The lowest BCUT2D eigenvalue weighted by atomic mass is 9.76. The van der Waals surface area contributed by atoms with Crippen LogP contribution in [-0.4, -0.2) is 18.0 Å². The van der Waals surface area contributed by atoms with E-state index >= 15 is 0 Å². The molecule has 1 amide bonds. The van der Waals surface area contributed by atoms with E-state index < -0.39 is 11.6 Å². The first-order valence-electron chi connectivity index (χ1n) is 7.39. The summed E-state index contributed by atoms with van der Waals surface area (Å²) in [5, 5.41) is 2.98. The van der Waals surface area contributed by atoms with E-state index in [2.05, 4.69) is 12.2 Å². The summed E-state index contributed by atoms with van der Waals surface area (Å²) < 4.78 is 26.4. The van der Waals surface area contributed by atoms with Crippen LogP contribution in [0.1, 0.15) is 38.2 Å². The lowest BCUT2D eigenvalue weighted by Crippen LogP contribution is -2.56. The Morgan fingerprint density at radius 2 is 2.24 bits per heavy atom. The maximum Gasteiger partial charge on any atom is 0.225 e. The van der Waals surface area contributed by atoms with Crippen LogP contribution >= 0.6 is 0 Å². The summed E-state index contributed by atoms with van der Waals surface area (Å²) >= 11 is 0. The topological polar surface area (TPSA) is 55.1 Å². The number of halogens is 2. The monoisotopic (exact) mass is 296 g/mol. The van der Waals surface area contributed by atoms with Crippen molar-refractivity contribution in [2.24, 2.45) is 11.7 Å². The predicted molar refractivity (Wildman–Crippen MR) is 77.6 cm³/mol. The van der Waals surface area contributed by atoms with Gasteiger partial charge in [0.15, 0.2) is 0 Å². The van der Waals surface area contributed by atoms with Gasteiger partial charge in [0.1, 0.15) is 11.6 Å². The second-order valence-electron chi connectivity index (χ2n) is 6.15. The van der Waals surface area contributed by atoms with E-state index in [0.29, 0.717) is 12.5 Å². The van der Waals surface area contributed by atoms with Gasteiger partial charge in [-0.05, 0) is 30.4 Å². The fraction of sp³-hybridized carbons (Fsp3) is 0.562. The van der Waals surface area contributed by atoms with Crippen molar-refractivity contribution in [1.82, 2.24) is 5.32 Å². The van der Waals surface area contributed by atoms with Gasteiger partial charge in [-0.25, -0.2) is 8.78 Å². The van der Waals surface area contributed by atoms with E-state index in [-0.39, 0.29) is 23.4 Å². The number of nitrogens with one attached hydrogen (secondary N) is 1. The highest BCUT2D eigenvalue weighted by atomic mass is 19.1. The molecular formula is C16H22F2N2O. The fourth-order valence-corrected chi connectivity index (χ4v) is 3.19. The molecule has 1 aromatic rings. The molecule has 2 rings (SSSR count). The molecule has 21 heavy (non-hydrogen) atoms. The van der Waals surface area contributed by atoms with Crippen LogP contribution in [0.2, 0.25) is 0 Å². The molecule has 0 heterocycles. The van der Waals surface area contributed by atoms with Crippen molar-refractivity contribution < 1.29 is 13.6 Å². The van der Waals surface area contributed by atoms with Crippen LogP contribution in [0.25, 0.3) is 0 Å². The Morgan fingerprint density at radius 1 is 1.48 bits per heavy atom. The third-order valence-corrected chi connectivity index (χ3v) is 4.25. The summed E-state index contributed by atoms with van der Waals surface area (Å²) in [5.41, 5.74) is 5.67. The van der Waals surface area contributed by atoms with Gasteiger partial charge in [0.05, 0.1) is 12.0 Å². The summed E-state index contributed by atoms with van der Waals surface area (Å²) in [6.45, 7) is 2.53. The van der Waals surface area contributed by atoms with E-state index in [1.54, 1.807) is 0 Å². The molecule has 0 aromatic heterocycles. The van der Waals surface area contributed by atoms with E-state index in [0.717, 1.165) is 37.8 Å². The Hall–Kier alpha value is -1.49. The number of rotatable bonds is 4. The van der Waals surface area contributed by atoms with Crippen molar-refractivity contribution in [3.05, 3.63) is 35.4 Å². The molecule has 0 radical (unpaired) electrons. The summed E-state index contributed by atoms with van der Waals surface area (Å²) in [7, 11) is 0. The SMILES string of the molecule is CC1CCCC(CN)(NC(=O)Cc2ccc(F)cc2F)C1. The molecule has 3 nitrogen and oxygen atoms in total. The van der Waals surface area contributed by atoms with E-state index in [4.69, 9.17) is 5.73 Å². The Balaban J connectivity index is 2.03. The molecule has 0 bridgehead atoms. The van der Waals surface area contributed by atoms with Crippen molar-refractivity contribution in [1.29, 1.82) is 0 Å². The van der Waals surface area contributed by atoms with Gasteiger partial charge in [-0.2, -0.15) is 0 Å².